The van der Waals surface area contributed by atoms with Gasteiger partial charge in [0.2, 0.25) is 5.91 Å². The average molecular weight is 294 g/mol. The molecule has 3 heteroatoms. The first-order chi connectivity index (χ1) is 10.3. The van der Waals surface area contributed by atoms with Crippen LogP contribution in [0.15, 0.2) is 0 Å². The SMILES string of the molecule is CCCC(CC1CCCCC1)C(=O)NCCC1CCNC1. The van der Waals surface area contributed by atoms with E-state index in [1.54, 1.807) is 0 Å². The lowest BCUT2D eigenvalue weighted by molar-refractivity contribution is -0.125. The number of carbonyl (C=O) groups is 1. The van der Waals surface area contributed by atoms with Crippen LogP contribution >= 0.6 is 0 Å². The highest BCUT2D eigenvalue weighted by atomic mass is 16.1. The van der Waals surface area contributed by atoms with Crippen molar-refractivity contribution < 1.29 is 4.79 Å². The number of rotatable bonds is 8. The molecule has 2 aliphatic rings. The van der Waals surface area contributed by atoms with E-state index in [0.717, 1.165) is 57.2 Å². The van der Waals surface area contributed by atoms with Crippen molar-refractivity contribution in [3.8, 4) is 0 Å². The Labute approximate surface area is 130 Å². The molecule has 1 amide bonds. The summed E-state index contributed by atoms with van der Waals surface area (Å²) >= 11 is 0. The number of carbonyl (C=O) groups excluding carboxylic acids is 1. The number of amides is 1. The van der Waals surface area contributed by atoms with Crippen molar-refractivity contribution in [2.24, 2.45) is 17.8 Å². The predicted molar refractivity (Wildman–Crippen MR) is 88.2 cm³/mol. The minimum absolute atomic E-state index is 0.264. The van der Waals surface area contributed by atoms with Gasteiger partial charge in [-0.15, -0.1) is 0 Å². The van der Waals surface area contributed by atoms with Crippen molar-refractivity contribution in [3.63, 3.8) is 0 Å². The Balaban J connectivity index is 1.69. The molecule has 2 atom stereocenters. The van der Waals surface area contributed by atoms with E-state index in [4.69, 9.17) is 0 Å². The average Bonchev–Trinajstić information content (AvgIpc) is 3.01. The highest BCUT2D eigenvalue weighted by molar-refractivity contribution is 5.78. The molecule has 0 aromatic carbocycles. The monoisotopic (exact) mass is 294 g/mol. The maximum Gasteiger partial charge on any atom is 0.223 e. The van der Waals surface area contributed by atoms with Gasteiger partial charge in [0.25, 0.3) is 0 Å². The van der Waals surface area contributed by atoms with E-state index in [1.165, 1.54) is 38.5 Å². The van der Waals surface area contributed by atoms with Crippen LogP contribution in [0.4, 0.5) is 0 Å². The van der Waals surface area contributed by atoms with Crippen LogP contribution in [-0.4, -0.2) is 25.5 Å². The zero-order chi connectivity index (χ0) is 14.9. The first-order valence-corrected chi connectivity index (χ1v) is 9.28. The zero-order valence-electron chi connectivity index (χ0n) is 13.8. The third kappa shape index (κ3) is 5.98. The Kier molecular flexibility index (Phi) is 7.56. The van der Waals surface area contributed by atoms with Gasteiger partial charge in [-0.1, -0.05) is 45.4 Å². The van der Waals surface area contributed by atoms with Crippen molar-refractivity contribution in [1.82, 2.24) is 10.6 Å². The summed E-state index contributed by atoms with van der Waals surface area (Å²) in [5.74, 6) is 2.17. The van der Waals surface area contributed by atoms with Gasteiger partial charge in [-0.05, 0) is 50.6 Å². The molecule has 3 nitrogen and oxygen atoms in total. The first kappa shape index (κ1) is 16.8. The molecule has 0 bridgehead atoms. The Bertz CT molecular complexity index is 294. The Hall–Kier alpha value is -0.570. The van der Waals surface area contributed by atoms with Gasteiger partial charge in [-0.25, -0.2) is 0 Å². The highest BCUT2D eigenvalue weighted by Gasteiger charge is 2.24. The number of hydrogen-bond acceptors (Lipinski definition) is 2. The Morgan fingerprint density at radius 2 is 2.00 bits per heavy atom. The van der Waals surface area contributed by atoms with Crippen LogP contribution in [0.25, 0.3) is 0 Å². The standard InChI is InChI=1S/C18H34N2O/c1-2-6-17(13-15-7-4-3-5-8-15)18(21)20-12-10-16-9-11-19-14-16/h15-17,19H,2-14H2,1H3,(H,20,21). The van der Waals surface area contributed by atoms with Crippen LogP contribution in [0.5, 0.6) is 0 Å². The van der Waals surface area contributed by atoms with Gasteiger partial charge < -0.3 is 10.6 Å². The van der Waals surface area contributed by atoms with Gasteiger partial charge in [0, 0.05) is 12.5 Å². The molecule has 0 radical (unpaired) electrons. The third-order valence-corrected chi connectivity index (χ3v) is 5.36. The first-order valence-electron chi connectivity index (χ1n) is 9.28. The minimum atomic E-state index is 0.264. The lowest BCUT2D eigenvalue weighted by Gasteiger charge is -2.26. The van der Waals surface area contributed by atoms with E-state index in [9.17, 15) is 4.79 Å². The minimum Gasteiger partial charge on any atom is -0.356 e. The topological polar surface area (TPSA) is 41.1 Å². The molecule has 1 saturated carbocycles. The summed E-state index contributed by atoms with van der Waals surface area (Å²) in [5.41, 5.74) is 0. The molecule has 2 N–H and O–H groups in total. The Morgan fingerprint density at radius 1 is 1.19 bits per heavy atom. The van der Waals surface area contributed by atoms with Gasteiger partial charge in [-0.2, -0.15) is 0 Å². The second kappa shape index (κ2) is 9.45. The fourth-order valence-corrected chi connectivity index (χ4v) is 4.03. The molecule has 0 spiro atoms. The van der Waals surface area contributed by atoms with Crippen molar-refractivity contribution in [3.05, 3.63) is 0 Å². The van der Waals surface area contributed by atoms with Gasteiger partial charge in [0.1, 0.15) is 0 Å². The summed E-state index contributed by atoms with van der Waals surface area (Å²) in [7, 11) is 0. The van der Waals surface area contributed by atoms with Crippen LogP contribution in [0.2, 0.25) is 0 Å². The summed E-state index contributed by atoms with van der Waals surface area (Å²) in [6.45, 7) is 5.36. The molecule has 0 aromatic heterocycles. The normalized spacial score (nSPS) is 24.9. The fourth-order valence-electron chi connectivity index (χ4n) is 4.03. The zero-order valence-corrected chi connectivity index (χ0v) is 13.8. The lowest BCUT2D eigenvalue weighted by atomic mass is 9.81. The molecular weight excluding hydrogens is 260 g/mol. The van der Waals surface area contributed by atoms with E-state index < -0.39 is 0 Å². The van der Waals surface area contributed by atoms with Crippen LogP contribution in [0.3, 0.4) is 0 Å². The van der Waals surface area contributed by atoms with Crippen molar-refractivity contribution in [2.75, 3.05) is 19.6 Å². The van der Waals surface area contributed by atoms with Crippen LogP contribution < -0.4 is 10.6 Å². The number of nitrogens with one attached hydrogen (secondary N) is 2. The molecular formula is C18H34N2O. The highest BCUT2D eigenvalue weighted by Crippen LogP contribution is 2.30. The van der Waals surface area contributed by atoms with E-state index in [1.807, 2.05) is 0 Å². The van der Waals surface area contributed by atoms with Crippen LogP contribution in [0, 0.1) is 17.8 Å². The summed E-state index contributed by atoms with van der Waals surface area (Å²) in [6, 6.07) is 0. The quantitative estimate of drug-likeness (QED) is 0.719. The van der Waals surface area contributed by atoms with Gasteiger partial charge in [-0.3, -0.25) is 4.79 Å². The molecule has 2 rings (SSSR count). The maximum absolute atomic E-state index is 12.5. The molecule has 122 valence electrons. The molecule has 2 fully saturated rings. The van der Waals surface area contributed by atoms with Gasteiger partial charge in [0.15, 0.2) is 0 Å². The van der Waals surface area contributed by atoms with Crippen LogP contribution in [0.1, 0.15) is 71.1 Å². The van der Waals surface area contributed by atoms with E-state index in [-0.39, 0.29) is 5.92 Å². The lowest BCUT2D eigenvalue weighted by Crippen LogP contribution is -2.33. The van der Waals surface area contributed by atoms with E-state index in [2.05, 4.69) is 17.6 Å². The second-order valence-electron chi connectivity index (χ2n) is 7.16. The largest absolute Gasteiger partial charge is 0.356 e. The smallest absolute Gasteiger partial charge is 0.223 e. The maximum atomic E-state index is 12.5. The Morgan fingerprint density at radius 3 is 2.67 bits per heavy atom. The molecule has 2 unspecified atom stereocenters. The molecule has 0 aromatic rings. The third-order valence-electron chi connectivity index (χ3n) is 5.36. The van der Waals surface area contributed by atoms with E-state index >= 15 is 0 Å². The summed E-state index contributed by atoms with van der Waals surface area (Å²) in [4.78, 5) is 12.5. The summed E-state index contributed by atoms with van der Waals surface area (Å²) < 4.78 is 0. The molecule has 1 saturated heterocycles. The molecule has 1 aliphatic heterocycles. The summed E-state index contributed by atoms with van der Waals surface area (Å²) in [6.07, 6.45) is 12.6. The summed E-state index contributed by atoms with van der Waals surface area (Å²) in [5, 5.41) is 6.61. The van der Waals surface area contributed by atoms with Gasteiger partial charge >= 0.3 is 0 Å². The molecule has 1 heterocycles. The van der Waals surface area contributed by atoms with Crippen molar-refractivity contribution >= 4 is 5.91 Å². The van der Waals surface area contributed by atoms with Crippen molar-refractivity contribution in [1.29, 1.82) is 0 Å². The van der Waals surface area contributed by atoms with E-state index in [0.29, 0.717) is 5.91 Å². The molecule has 21 heavy (non-hydrogen) atoms. The number of hydrogen-bond donors (Lipinski definition) is 2. The van der Waals surface area contributed by atoms with Gasteiger partial charge in [0.05, 0.1) is 0 Å². The van der Waals surface area contributed by atoms with Crippen LogP contribution in [-0.2, 0) is 4.79 Å². The second-order valence-corrected chi connectivity index (χ2v) is 7.16. The predicted octanol–water partition coefficient (Wildman–Crippen LogP) is 3.49. The molecule has 1 aliphatic carbocycles. The fraction of sp³-hybridized carbons (Fsp3) is 0.944. The van der Waals surface area contributed by atoms with Crippen molar-refractivity contribution in [2.45, 2.75) is 71.1 Å².